The van der Waals surface area contributed by atoms with Gasteiger partial charge in [0.15, 0.2) is 5.56 Å². The molecule has 0 radical (unpaired) electrons. The van der Waals surface area contributed by atoms with Crippen LogP contribution in [0.4, 0.5) is 13.2 Å². The van der Waals surface area contributed by atoms with Gasteiger partial charge in [-0.3, -0.25) is 0 Å². The summed E-state index contributed by atoms with van der Waals surface area (Å²) in [7, 11) is 0. The van der Waals surface area contributed by atoms with Gasteiger partial charge in [0.2, 0.25) is 0 Å². The van der Waals surface area contributed by atoms with E-state index in [2.05, 4.69) is 34.8 Å². The summed E-state index contributed by atoms with van der Waals surface area (Å²) < 4.78 is 31.4. The van der Waals surface area contributed by atoms with Crippen molar-refractivity contribution in [3.63, 3.8) is 0 Å². The van der Waals surface area contributed by atoms with Gasteiger partial charge in [-0.2, -0.15) is 13.2 Å². The zero-order valence-corrected chi connectivity index (χ0v) is 6.56. The van der Waals surface area contributed by atoms with E-state index in [1.807, 2.05) is 0 Å². The molecule has 0 bridgehead atoms. The number of hydrogen-bond acceptors (Lipinski definition) is 1. The molecule has 1 unspecified atom stereocenters. The molecule has 1 atom stereocenters. The fourth-order valence-electron chi connectivity index (χ4n) is 0.135. The van der Waals surface area contributed by atoms with Crippen LogP contribution in [0, 0.1) is 0 Å². The molecule has 0 spiro atoms. The monoisotopic (exact) mass is 216 g/mol. The molecule has 0 amide bonds. The number of alkyl halides is 6. The second-order valence-corrected chi connectivity index (χ2v) is 3.26. The van der Waals surface area contributed by atoms with E-state index < -0.39 is 16.1 Å². The summed E-state index contributed by atoms with van der Waals surface area (Å²) in [4.78, 5) is 0. The van der Waals surface area contributed by atoms with Gasteiger partial charge in [-0.15, -0.1) is 0 Å². The standard InChI is InChI=1S/C3H2Cl3F3O/c4-1(10)2(5,6)3(7,8)9/h1,10H. The zero-order valence-electron chi connectivity index (χ0n) is 4.29. The van der Waals surface area contributed by atoms with Crippen LogP contribution in [0.15, 0.2) is 0 Å². The summed E-state index contributed by atoms with van der Waals surface area (Å²) in [5.74, 6) is 0. The second kappa shape index (κ2) is 2.93. The van der Waals surface area contributed by atoms with Crippen LogP contribution < -0.4 is 0 Å². The van der Waals surface area contributed by atoms with E-state index >= 15 is 0 Å². The molecule has 1 nitrogen and oxygen atoms in total. The Morgan fingerprint density at radius 2 is 1.50 bits per heavy atom. The molecule has 0 saturated carbocycles. The summed E-state index contributed by atoms with van der Waals surface area (Å²) >= 11 is 13.8. The first-order valence-corrected chi connectivity index (χ1v) is 3.15. The van der Waals surface area contributed by atoms with Crippen molar-refractivity contribution in [2.24, 2.45) is 0 Å². The molecule has 0 aromatic heterocycles. The topological polar surface area (TPSA) is 20.2 Å². The summed E-state index contributed by atoms with van der Waals surface area (Å²) in [5.41, 5.74) is -2.36. The Bertz CT molecular complexity index is 121. The van der Waals surface area contributed by atoms with Crippen LogP contribution in [0.2, 0.25) is 0 Å². The zero-order chi connectivity index (χ0) is 8.58. The molecule has 0 heterocycles. The van der Waals surface area contributed by atoms with Gasteiger partial charge in [-0.25, -0.2) is 0 Å². The van der Waals surface area contributed by atoms with Gasteiger partial charge in [0.1, 0.15) is 0 Å². The molecular weight excluding hydrogens is 215 g/mol. The Balaban J connectivity index is 4.40. The molecule has 10 heavy (non-hydrogen) atoms. The highest BCUT2D eigenvalue weighted by Crippen LogP contribution is 2.43. The number of halogens is 6. The molecule has 0 aliphatic carbocycles. The summed E-state index contributed by atoms with van der Waals surface area (Å²) in [6.45, 7) is 0. The minimum Gasteiger partial charge on any atom is -0.374 e. The Morgan fingerprint density at radius 3 is 1.50 bits per heavy atom. The van der Waals surface area contributed by atoms with Crippen LogP contribution >= 0.6 is 34.8 Å². The molecule has 62 valence electrons. The lowest BCUT2D eigenvalue weighted by Gasteiger charge is -2.23. The Hall–Kier alpha value is 0.620. The van der Waals surface area contributed by atoms with E-state index in [-0.39, 0.29) is 0 Å². The van der Waals surface area contributed by atoms with Gasteiger partial charge in [0.05, 0.1) is 0 Å². The summed E-state index contributed by atoms with van der Waals surface area (Å²) in [6, 6.07) is 0. The maximum absolute atomic E-state index is 11.6. The molecule has 0 rings (SSSR count). The third-order valence-electron chi connectivity index (χ3n) is 0.677. The minimum absolute atomic E-state index is 2.36. The quantitative estimate of drug-likeness (QED) is 0.668. The van der Waals surface area contributed by atoms with Gasteiger partial charge in [-0.1, -0.05) is 34.8 Å². The molecule has 0 aliphatic rings. The van der Waals surface area contributed by atoms with Gasteiger partial charge in [0.25, 0.3) is 4.33 Å². The highest BCUT2D eigenvalue weighted by Gasteiger charge is 2.57. The van der Waals surface area contributed by atoms with Crippen molar-refractivity contribution in [1.82, 2.24) is 0 Å². The third kappa shape index (κ3) is 2.05. The molecule has 0 aliphatic heterocycles. The van der Waals surface area contributed by atoms with Gasteiger partial charge < -0.3 is 5.11 Å². The van der Waals surface area contributed by atoms with Gasteiger partial charge in [-0.05, 0) is 0 Å². The normalized spacial score (nSPS) is 17.1. The van der Waals surface area contributed by atoms with Gasteiger partial charge >= 0.3 is 6.18 Å². The molecule has 0 saturated heterocycles. The van der Waals surface area contributed by atoms with E-state index in [9.17, 15) is 13.2 Å². The van der Waals surface area contributed by atoms with E-state index in [0.717, 1.165) is 0 Å². The summed E-state index contributed by atoms with van der Waals surface area (Å²) in [6.07, 6.45) is -4.93. The highest BCUT2D eigenvalue weighted by molar-refractivity contribution is 6.52. The van der Waals surface area contributed by atoms with Crippen LogP contribution in [0.5, 0.6) is 0 Å². The van der Waals surface area contributed by atoms with Crippen molar-refractivity contribution in [2.45, 2.75) is 16.1 Å². The van der Waals surface area contributed by atoms with E-state index in [1.165, 1.54) is 0 Å². The minimum atomic E-state index is -4.93. The van der Waals surface area contributed by atoms with Crippen molar-refractivity contribution in [3.05, 3.63) is 0 Å². The summed E-state index contributed by atoms with van der Waals surface area (Å²) in [5, 5.41) is 8.20. The van der Waals surface area contributed by atoms with Crippen molar-refractivity contribution in [2.75, 3.05) is 0 Å². The largest absolute Gasteiger partial charge is 0.425 e. The Labute approximate surface area is 69.7 Å². The third-order valence-corrected chi connectivity index (χ3v) is 2.07. The smallest absolute Gasteiger partial charge is 0.374 e. The average Bonchev–Trinajstić information content (AvgIpc) is 1.62. The van der Waals surface area contributed by atoms with Crippen LogP contribution in [0.1, 0.15) is 0 Å². The average molecular weight is 217 g/mol. The van der Waals surface area contributed by atoms with Crippen molar-refractivity contribution >= 4 is 34.8 Å². The SMILES string of the molecule is OC(Cl)C(Cl)(Cl)C(F)(F)F. The molecular formula is C3H2Cl3F3O. The molecule has 1 N–H and O–H groups in total. The lowest BCUT2D eigenvalue weighted by atomic mass is 10.4. The van der Waals surface area contributed by atoms with Crippen molar-refractivity contribution in [3.8, 4) is 0 Å². The lowest BCUT2D eigenvalue weighted by Crippen LogP contribution is -2.42. The highest BCUT2D eigenvalue weighted by atomic mass is 35.5. The Morgan fingerprint density at radius 1 is 1.20 bits per heavy atom. The van der Waals surface area contributed by atoms with Crippen LogP contribution in [-0.2, 0) is 0 Å². The first-order valence-electron chi connectivity index (χ1n) is 1.96. The Kier molecular flexibility index (Phi) is 3.11. The lowest BCUT2D eigenvalue weighted by molar-refractivity contribution is -0.153. The predicted molar refractivity (Wildman–Crippen MR) is 32.4 cm³/mol. The van der Waals surface area contributed by atoms with Gasteiger partial charge in [0, 0.05) is 0 Å². The fraction of sp³-hybridized carbons (Fsp3) is 1.00. The fourth-order valence-corrected chi connectivity index (χ4v) is 0.259. The van der Waals surface area contributed by atoms with Crippen LogP contribution in [-0.4, -0.2) is 21.2 Å². The molecule has 0 fully saturated rings. The first kappa shape index (κ1) is 10.6. The van der Waals surface area contributed by atoms with Crippen LogP contribution in [0.25, 0.3) is 0 Å². The van der Waals surface area contributed by atoms with Crippen molar-refractivity contribution < 1.29 is 18.3 Å². The number of rotatable bonds is 1. The second-order valence-electron chi connectivity index (χ2n) is 1.46. The first-order chi connectivity index (χ1) is 4.19. The van der Waals surface area contributed by atoms with Crippen molar-refractivity contribution in [1.29, 1.82) is 0 Å². The maximum atomic E-state index is 11.6. The molecule has 0 aromatic carbocycles. The number of aliphatic hydroxyl groups is 1. The van der Waals surface area contributed by atoms with E-state index in [4.69, 9.17) is 5.11 Å². The maximum Gasteiger partial charge on any atom is 0.425 e. The molecule has 0 aromatic rings. The number of aliphatic hydroxyl groups excluding tert-OH is 1. The predicted octanol–water partition coefficient (Wildman–Crippen LogP) is 2.28. The van der Waals surface area contributed by atoms with E-state index in [1.54, 1.807) is 0 Å². The van der Waals surface area contributed by atoms with Crippen LogP contribution in [0.3, 0.4) is 0 Å². The molecule has 7 heteroatoms. The van der Waals surface area contributed by atoms with E-state index in [0.29, 0.717) is 0 Å². The number of hydrogen-bond donors (Lipinski definition) is 1.